The van der Waals surface area contributed by atoms with Gasteiger partial charge in [-0.1, -0.05) is 12.8 Å². The number of rotatable bonds is 3. The van der Waals surface area contributed by atoms with Crippen LogP contribution in [0.3, 0.4) is 0 Å². The van der Waals surface area contributed by atoms with Crippen LogP contribution < -0.4 is 11.1 Å². The van der Waals surface area contributed by atoms with Crippen molar-refractivity contribution >= 4 is 23.3 Å². The summed E-state index contributed by atoms with van der Waals surface area (Å²) in [5, 5.41) is 11.7. The predicted molar refractivity (Wildman–Crippen MR) is 75.4 cm³/mol. The SMILES string of the molecule is Nc1cc(C(=O)O)ccc1NC(=O)C1C2CCCCC21. The van der Waals surface area contributed by atoms with E-state index in [1.54, 1.807) is 6.07 Å². The van der Waals surface area contributed by atoms with Crippen LogP contribution in [0.25, 0.3) is 0 Å². The van der Waals surface area contributed by atoms with Crippen molar-refractivity contribution in [1.29, 1.82) is 0 Å². The molecule has 2 unspecified atom stereocenters. The highest BCUT2D eigenvalue weighted by atomic mass is 16.4. The number of nitrogens with one attached hydrogen (secondary N) is 1. The summed E-state index contributed by atoms with van der Waals surface area (Å²) in [6.45, 7) is 0. The number of carboxylic acid groups (broad SMARTS) is 1. The number of amides is 1. The highest BCUT2D eigenvalue weighted by molar-refractivity contribution is 5.98. The minimum atomic E-state index is -1.03. The molecule has 0 aromatic heterocycles. The number of carbonyl (C=O) groups excluding carboxylic acids is 1. The second-order valence-corrected chi connectivity index (χ2v) is 5.73. The first-order valence-electron chi connectivity index (χ1n) is 7.01. The fourth-order valence-corrected chi connectivity index (χ4v) is 3.41. The molecule has 1 aromatic rings. The molecule has 20 heavy (non-hydrogen) atoms. The molecular formula is C15H18N2O3. The van der Waals surface area contributed by atoms with Gasteiger partial charge in [-0.15, -0.1) is 0 Å². The molecule has 1 amide bonds. The van der Waals surface area contributed by atoms with Crippen LogP contribution in [-0.4, -0.2) is 17.0 Å². The van der Waals surface area contributed by atoms with Gasteiger partial charge in [-0.2, -0.15) is 0 Å². The molecule has 3 rings (SSSR count). The summed E-state index contributed by atoms with van der Waals surface area (Å²) in [6, 6.07) is 4.38. The minimum Gasteiger partial charge on any atom is -0.478 e. The molecule has 2 saturated carbocycles. The second kappa shape index (κ2) is 4.81. The Balaban J connectivity index is 1.69. The van der Waals surface area contributed by atoms with Gasteiger partial charge in [0.25, 0.3) is 0 Å². The fourth-order valence-electron chi connectivity index (χ4n) is 3.41. The molecule has 2 aliphatic rings. The van der Waals surface area contributed by atoms with Gasteiger partial charge in [0.05, 0.1) is 16.9 Å². The van der Waals surface area contributed by atoms with Gasteiger partial charge in [-0.3, -0.25) is 4.79 Å². The molecule has 0 aliphatic heterocycles. The van der Waals surface area contributed by atoms with E-state index in [2.05, 4.69) is 5.32 Å². The third kappa shape index (κ3) is 2.24. The van der Waals surface area contributed by atoms with Gasteiger partial charge < -0.3 is 16.2 Å². The number of nitrogens with two attached hydrogens (primary N) is 1. The number of fused-ring (bicyclic) bond motifs is 1. The lowest BCUT2D eigenvalue weighted by Gasteiger charge is -2.08. The first kappa shape index (κ1) is 13.0. The second-order valence-electron chi connectivity index (χ2n) is 5.73. The van der Waals surface area contributed by atoms with Crippen LogP contribution in [0.4, 0.5) is 11.4 Å². The molecule has 1 aromatic carbocycles. The van der Waals surface area contributed by atoms with Crippen molar-refractivity contribution in [3.63, 3.8) is 0 Å². The van der Waals surface area contributed by atoms with E-state index in [4.69, 9.17) is 10.8 Å². The molecule has 0 heterocycles. The van der Waals surface area contributed by atoms with E-state index in [1.165, 1.54) is 25.0 Å². The minimum absolute atomic E-state index is 0.0247. The number of aromatic carboxylic acids is 1. The Morgan fingerprint density at radius 1 is 1.20 bits per heavy atom. The number of nitrogen functional groups attached to an aromatic ring is 1. The van der Waals surface area contributed by atoms with Crippen LogP contribution in [-0.2, 0) is 4.79 Å². The van der Waals surface area contributed by atoms with Gasteiger partial charge in [0, 0.05) is 5.92 Å². The van der Waals surface area contributed by atoms with Crippen molar-refractivity contribution in [2.75, 3.05) is 11.1 Å². The van der Waals surface area contributed by atoms with Gasteiger partial charge in [-0.25, -0.2) is 4.79 Å². The zero-order chi connectivity index (χ0) is 14.3. The van der Waals surface area contributed by atoms with Crippen LogP contribution in [0.15, 0.2) is 18.2 Å². The van der Waals surface area contributed by atoms with Crippen molar-refractivity contribution in [2.45, 2.75) is 25.7 Å². The highest BCUT2D eigenvalue weighted by Gasteiger charge is 2.54. The molecule has 0 saturated heterocycles. The summed E-state index contributed by atoms with van der Waals surface area (Å²) in [7, 11) is 0. The molecule has 2 fully saturated rings. The Bertz CT molecular complexity index is 558. The monoisotopic (exact) mass is 274 g/mol. The molecule has 4 N–H and O–H groups in total. The van der Waals surface area contributed by atoms with Crippen LogP contribution in [0.5, 0.6) is 0 Å². The molecular weight excluding hydrogens is 256 g/mol. The van der Waals surface area contributed by atoms with Crippen LogP contribution in [0, 0.1) is 17.8 Å². The maximum atomic E-state index is 12.2. The standard InChI is InChI=1S/C15H18N2O3/c16-11-7-8(15(19)20)5-6-12(11)17-14(18)13-9-3-1-2-4-10(9)13/h5-7,9-10,13H,1-4,16H2,(H,17,18)(H,19,20). The Labute approximate surface area is 117 Å². The summed E-state index contributed by atoms with van der Waals surface area (Å²) in [5.74, 6) is 0.210. The van der Waals surface area contributed by atoms with Gasteiger partial charge in [0.2, 0.25) is 5.91 Å². The summed E-state index contributed by atoms with van der Waals surface area (Å²) >= 11 is 0. The van der Waals surface area contributed by atoms with E-state index in [9.17, 15) is 9.59 Å². The van der Waals surface area contributed by atoms with Gasteiger partial charge in [-0.05, 0) is 42.9 Å². The lowest BCUT2D eigenvalue weighted by molar-refractivity contribution is -0.117. The zero-order valence-electron chi connectivity index (χ0n) is 11.1. The molecule has 2 atom stereocenters. The Morgan fingerprint density at radius 2 is 1.85 bits per heavy atom. The number of hydrogen-bond acceptors (Lipinski definition) is 3. The van der Waals surface area contributed by atoms with Crippen molar-refractivity contribution in [1.82, 2.24) is 0 Å². The summed E-state index contributed by atoms with van der Waals surface area (Å²) in [5.41, 5.74) is 6.72. The quantitative estimate of drug-likeness (QED) is 0.738. The lowest BCUT2D eigenvalue weighted by Crippen LogP contribution is -2.16. The fraction of sp³-hybridized carbons (Fsp3) is 0.467. The highest BCUT2D eigenvalue weighted by Crippen LogP contribution is 2.55. The topological polar surface area (TPSA) is 92.4 Å². The average Bonchev–Trinajstić information content (AvgIpc) is 3.15. The molecule has 0 radical (unpaired) electrons. The smallest absolute Gasteiger partial charge is 0.335 e. The molecule has 0 bridgehead atoms. The number of benzene rings is 1. The third-order valence-electron chi connectivity index (χ3n) is 4.52. The Hall–Kier alpha value is -2.04. The summed E-state index contributed by atoms with van der Waals surface area (Å²) < 4.78 is 0. The maximum absolute atomic E-state index is 12.2. The van der Waals surface area contributed by atoms with E-state index in [0.29, 0.717) is 23.2 Å². The van der Waals surface area contributed by atoms with Gasteiger partial charge in [0.1, 0.15) is 0 Å². The third-order valence-corrected chi connectivity index (χ3v) is 4.52. The average molecular weight is 274 g/mol. The summed E-state index contributed by atoms with van der Waals surface area (Å²) in [4.78, 5) is 23.1. The lowest BCUT2D eigenvalue weighted by atomic mass is 10.0. The molecule has 5 heteroatoms. The molecule has 106 valence electrons. The number of hydrogen-bond donors (Lipinski definition) is 3. The molecule has 2 aliphatic carbocycles. The summed E-state index contributed by atoms with van der Waals surface area (Å²) in [6.07, 6.45) is 4.74. The molecule has 5 nitrogen and oxygen atoms in total. The molecule has 0 spiro atoms. The normalized spacial score (nSPS) is 27.5. The first-order chi connectivity index (χ1) is 9.58. The van der Waals surface area contributed by atoms with Crippen molar-refractivity contribution in [3.8, 4) is 0 Å². The van der Waals surface area contributed by atoms with Crippen LogP contribution in [0.1, 0.15) is 36.0 Å². The van der Waals surface area contributed by atoms with Crippen LogP contribution >= 0.6 is 0 Å². The largest absolute Gasteiger partial charge is 0.478 e. The van der Waals surface area contributed by atoms with E-state index < -0.39 is 5.97 Å². The van der Waals surface area contributed by atoms with Gasteiger partial charge >= 0.3 is 5.97 Å². The number of carboxylic acids is 1. The zero-order valence-corrected chi connectivity index (χ0v) is 11.1. The van der Waals surface area contributed by atoms with Crippen LogP contribution in [0.2, 0.25) is 0 Å². The van der Waals surface area contributed by atoms with Gasteiger partial charge in [0.15, 0.2) is 0 Å². The van der Waals surface area contributed by atoms with E-state index >= 15 is 0 Å². The number of anilines is 2. The van der Waals surface area contributed by atoms with Crippen molar-refractivity contribution < 1.29 is 14.7 Å². The maximum Gasteiger partial charge on any atom is 0.335 e. The first-order valence-corrected chi connectivity index (χ1v) is 7.01. The number of carbonyl (C=O) groups is 2. The van der Waals surface area contributed by atoms with E-state index in [0.717, 1.165) is 12.8 Å². The van der Waals surface area contributed by atoms with Crippen molar-refractivity contribution in [3.05, 3.63) is 23.8 Å². The van der Waals surface area contributed by atoms with E-state index in [1.807, 2.05) is 0 Å². The van der Waals surface area contributed by atoms with E-state index in [-0.39, 0.29) is 17.4 Å². The Kier molecular flexibility index (Phi) is 3.12. The Morgan fingerprint density at radius 3 is 2.40 bits per heavy atom. The predicted octanol–water partition coefficient (Wildman–Crippen LogP) is 2.34. The van der Waals surface area contributed by atoms with Crippen molar-refractivity contribution in [2.24, 2.45) is 17.8 Å².